The molecule has 0 spiro atoms. The molecule has 7 heteroatoms. The number of nitrogens with zero attached hydrogens (tertiary/aromatic N) is 1. The summed E-state index contributed by atoms with van der Waals surface area (Å²) < 4.78 is 12.9. The van der Waals surface area contributed by atoms with Gasteiger partial charge < -0.3 is 14.0 Å². The SMILES string of the molecule is CC[C@H](Oc1ccccc1)C(=O)OCC(=O)c1cc(C)n(-c2ccc(Cl)c(Cl)c2)c1C. The summed E-state index contributed by atoms with van der Waals surface area (Å²) in [6, 6.07) is 16.1. The van der Waals surface area contributed by atoms with Gasteiger partial charge in [-0.15, -0.1) is 0 Å². The number of carbonyl (C=O) groups excluding carboxylic acids is 2. The molecule has 0 N–H and O–H groups in total. The maximum atomic E-state index is 12.8. The summed E-state index contributed by atoms with van der Waals surface area (Å²) in [4.78, 5) is 25.2. The molecule has 0 bridgehead atoms. The molecule has 0 radical (unpaired) electrons. The average Bonchev–Trinajstić information content (AvgIpc) is 3.06. The highest BCUT2D eigenvalue weighted by molar-refractivity contribution is 6.42. The first kappa shape index (κ1) is 22.9. The van der Waals surface area contributed by atoms with Gasteiger partial charge in [0.25, 0.3) is 0 Å². The molecule has 0 saturated carbocycles. The normalized spacial score (nSPS) is 11.8. The fourth-order valence-electron chi connectivity index (χ4n) is 3.34. The first-order chi connectivity index (χ1) is 14.8. The van der Waals surface area contributed by atoms with Gasteiger partial charge in [0.1, 0.15) is 5.75 Å². The van der Waals surface area contributed by atoms with E-state index in [1.165, 1.54) is 0 Å². The van der Waals surface area contributed by atoms with Crippen LogP contribution < -0.4 is 4.74 Å². The maximum absolute atomic E-state index is 12.8. The Bertz CT molecular complexity index is 1090. The highest BCUT2D eigenvalue weighted by atomic mass is 35.5. The van der Waals surface area contributed by atoms with Crippen LogP contribution in [0.15, 0.2) is 54.6 Å². The summed E-state index contributed by atoms with van der Waals surface area (Å²) in [5, 5.41) is 0.886. The van der Waals surface area contributed by atoms with Gasteiger partial charge in [0.05, 0.1) is 10.0 Å². The van der Waals surface area contributed by atoms with Crippen LogP contribution in [0.25, 0.3) is 5.69 Å². The predicted octanol–water partition coefficient (Wildman–Crippen LogP) is 5.98. The molecule has 3 aromatic rings. The van der Waals surface area contributed by atoms with E-state index in [0.29, 0.717) is 27.8 Å². The van der Waals surface area contributed by atoms with E-state index in [-0.39, 0.29) is 12.4 Å². The third-order valence-electron chi connectivity index (χ3n) is 4.89. The summed E-state index contributed by atoms with van der Waals surface area (Å²) in [5.74, 6) is -0.289. The van der Waals surface area contributed by atoms with E-state index in [4.69, 9.17) is 32.7 Å². The predicted molar refractivity (Wildman–Crippen MR) is 122 cm³/mol. The summed E-state index contributed by atoms with van der Waals surface area (Å²) in [7, 11) is 0. The number of esters is 1. The monoisotopic (exact) mass is 459 g/mol. The summed E-state index contributed by atoms with van der Waals surface area (Å²) in [6.45, 7) is 5.18. The molecule has 1 heterocycles. The number of aromatic nitrogens is 1. The molecule has 0 aliphatic carbocycles. The van der Waals surface area contributed by atoms with Crippen molar-refractivity contribution in [2.45, 2.75) is 33.3 Å². The molecule has 2 aromatic carbocycles. The lowest BCUT2D eigenvalue weighted by molar-refractivity contribution is -0.150. The first-order valence-corrected chi connectivity index (χ1v) is 10.6. The van der Waals surface area contributed by atoms with E-state index in [0.717, 1.165) is 17.1 Å². The van der Waals surface area contributed by atoms with Crippen molar-refractivity contribution in [2.75, 3.05) is 6.61 Å². The van der Waals surface area contributed by atoms with Crippen molar-refractivity contribution in [2.24, 2.45) is 0 Å². The van der Waals surface area contributed by atoms with Crippen LogP contribution >= 0.6 is 23.2 Å². The molecular weight excluding hydrogens is 437 g/mol. The molecule has 5 nitrogen and oxygen atoms in total. The molecule has 0 aliphatic rings. The van der Waals surface area contributed by atoms with Gasteiger partial charge in [-0.1, -0.05) is 48.3 Å². The van der Waals surface area contributed by atoms with Crippen LogP contribution in [0.3, 0.4) is 0 Å². The fourth-order valence-corrected chi connectivity index (χ4v) is 3.63. The van der Waals surface area contributed by atoms with Gasteiger partial charge >= 0.3 is 5.97 Å². The zero-order valence-corrected chi connectivity index (χ0v) is 19.0. The van der Waals surface area contributed by atoms with E-state index < -0.39 is 12.1 Å². The maximum Gasteiger partial charge on any atom is 0.347 e. The van der Waals surface area contributed by atoms with E-state index in [1.807, 2.05) is 49.6 Å². The number of benzene rings is 2. The second-order valence-corrected chi connectivity index (χ2v) is 7.89. The molecule has 0 aliphatic heterocycles. The molecule has 0 fully saturated rings. The van der Waals surface area contributed by atoms with Crippen molar-refractivity contribution >= 4 is 35.0 Å². The number of para-hydroxylation sites is 1. The summed E-state index contributed by atoms with van der Waals surface area (Å²) in [5.41, 5.74) is 2.85. The van der Waals surface area contributed by atoms with Gasteiger partial charge in [-0.3, -0.25) is 4.79 Å². The topological polar surface area (TPSA) is 57.5 Å². The Labute approximate surface area is 191 Å². The third-order valence-corrected chi connectivity index (χ3v) is 5.63. The van der Waals surface area contributed by atoms with E-state index >= 15 is 0 Å². The molecule has 1 aromatic heterocycles. The van der Waals surface area contributed by atoms with Crippen LogP contribution in [0.5, 0.6) is 5.75 Å². The lowest BCUT2D eigenvalue weighted by Gasteiger charge is -2.16. The van der Waals surface area contributed by atoms with E-state index in [1.54, 1.807) is 30.3 Å². The summed E-state index contributed by atoms with van der Waals surface area (Å²) >= 11 is 12.2. The Kier molecular flexibility index (Phi) is 7.42. The molecule has 0 unspecified atom stereocenters. The Hall–Kier alpha value is -2.76. The Morgan fingerprint density at radius 1 is 1.00 bits per heavy atom. The van der Waals surface area contributed by atoms with Crippen molar-refractivity contribution in [3.63, 3.8) is 0 Å². The minimum absolute atomic E-state index is 0.290. The standard InChI is InChI=1S/C24H23Cl2NO4/c1-4-23(31-18-8-6-5-7-9-18)24(29)30-14-22(28)19-12-15(2)27(16(19)3)17-10-11-20(25)21(26)13-17/h5-13,23H,4,14H2,1-3H3/t23-/m0/s1. The molecular formula is C24H23Cl2NO4. The van der Waals surface area contributed by atoms with Crippen LogP contribution in [0.4, 0.5) is 0 Å². The molecule has 1 atom stereocenters. The van der Waals surface area contributed by atoms with Crippen molar-refractivity contribution < 1.29 is 19.1 Å². The lowest BCUT2D eigenvalue weighted by Crippen LogP contribution is -2.30. The number of rotatable bonds is 8. The second kappa shape index (κ2) is 10.0. The number of Topliss-reactive ketones (excluding diaryl/α,β-unsaturated/α-hetero) is 1. The van der Waals surface area contributed by atoms with Gasteiger partial charge in [-0.2, -0.15) is 0 Å². The van der Waals surface area contributed by atoms with E-state index in [9.17, 15) is 9.59 Å². The number of carbonyl (C=O) groups is 2. The number of ether oxygens (including phenoxy) is 2. The second-order valence-electron chi connectivity index (χ2n) is 7.08. The minimum Gasteiger partial charge on any atom is -0.479 e. The Balaban J connectivity index is 1.70. The zero-order chi connectivity index (χ0) is 22.5. The van der Waals surface area contributed by atoms with Gasteiger partial charge in [0, 0.05) is 22.6 Å². The number of hydrogen-bond acceptors (Lipinski definition) is 4. The Morgan fingerprint density at radius 3 is 2.35 bits per heavy atom. The van der Waals surface area contributed by atoms with Crippen molar-refractivity contribution in [3.05, 3.63) is 81.6 Å². The van der Waals surface area contributed by atoms with E-state index in [2.05, 4.69) is 0 Å². The van der Waals surface area contributed by atoms with Gasteiger partial charge in [0.2, 0.25) is 5.78 Å². The van der Waals surface area contributed by atoms with Gasteiger partial charge in [0.15, 0.2) is 12.7 Å². The third kappa shape index (κ3) is 5.30. The van der Waals surface area contributed by atoms with Gasteiger partial charge in [-0.25, -0.2) is 4.79 Å². The van der Waals surface area contributed by atoms with Crippen LogP contribution in [-0.4, -0.2) is 29.0 Å². The van der Waals surface area contributed by atoms with Crippen molar-refractivity contribution in [1.29, 1.82) is 0 Å². The number of hydrogen-bond donors (Lipinski definition) is 0. The number of ketones is 1. The summed E-state index contributed by atoms with van der Waals surface area (Å²) in [6.07, 6.45) is -0.354. The minimum atomic E-state index is -0.779. The van der Waals surface area contributed by atoms with Crippen molar-refractivity contribution in [3.8, 4) is 11.4 Å². The van der Waals surface area contributed by atoms with Crippen LogP contribution in [0.1, 0.15) is 35.1 Å². The highest BCUT2D eigenvalue weighted by Crippen LogP contribution is 2.28. The molecule has 31 heavy (non-hydrogen) atoms. The van der Waals surface area contributed by atoms with Crippen LogP contribution in [0.2, 0.25) is 10.0 Å². The smallest absolute Gasteiger partial charge is 0.347 e. The Morgan fingerprint density at radius 2 is 1.71 bits per heavy atom. The molecule has 162 valence electrons. The first-order valence-electron chi connectivity index (χ1n) is 9.87. The molecule has 0 amide bonds. The van der Waals surface area contributed by atoms with Crippen LogP contribution in [0, 0.1) is 13.8 Å². The fraction of sp³-hybridized carbons (Fsp3) is 0.250. The van der Waals surface area contributed by atoms with Gasteiger partial charge in [-0.05, 0) is 56.7 Å². The number of aryl methyl sites for hydroxylation is 1. The quantitative estimate of drug-likeness (QED) is 0.306. The highest BCUT2D eigenvalue weighted by Gasteiger charge is 2.23. The molecule has 3 rings (SSSR count). The lowest BCUT2D eigenvalue weighted by atomic mass is 10.1. The van der Waals surface area contributed by atoms with Crippen molar-refractivity contribution in [1.82, 2.24) is 4.57 Å². The molecule has 0 saturated heterocycles. The average molecular weight is 460 g/mol. The zero-order valence-electron chi connectivity index (χ0n) is 17.5. The van der Waals surface area contributed by atoms with Crippen LogP contribution in [-0.2, 0) is 9.53 Å². The largest absolute Gasteiger partial charge is 0.479 e. The number of halogens is 2.